The van der Waals surface area contributed by atoms with Gasteiger partial charge in [-0.15, -0.1) is 0 Å². The minimum atomic E-state index is -1.29. The van der Waals surface area contributed by atoms with Crippen molar-refractivity contribution in [2.45, 2.75) is 31.6 Å². The van der Waals surface area contributed by atoms with Crippen LogP contribution in [0.3, 0.4) is 0 Å². The molecule has 1 unspecified atom stereocenters. The molecule has 3 rings (SSSR count). The van der Waals surface area contributed by atoms with Gasteiger partial charge in [-0.05, 0) is 50.2 Å². The Morgan fingerprint density at radius 1 is 1.23 bits per heavy atom. The quantitative estimate of drug-likeness (QED) is 0.551. The fraction of sp³-hybridized carbons (Fsp3) is 0.455. The summed E-state index contributed by atoms with van der Waals surface area (Å²) in [5.41, 5.74) is 1.10. The molecule has 0 spiro atoms. The van der Waals surface area contributed by atoms with Gasteiger partial charge in [0.25, 0.3) is 0 Å². The number of aromatic nitrogens is 1. The van der Waals surface area contributed by atoms with Gasteiger partial charge in [-0.1, -0.05) is 18.6 Å². The van der Waals surface area contributed by atoms with Crippen molar-refractivity contribution in [1.29, 1.82) is 0 Å². The van der Waals surface area contributed by atoms with E-state index in [4.69, 9.17) is 9.15 Å². The van der Waals surface area contributed by atoms with Gasteiger partial charge in [0.2, 0.25) is 11.8 Å². The van der Waals surface area contributed by atoms with Crippen LogP contribution in [0.15, 0.2) is 53.3 Å². The SMILES string of the molecule is O=C(CS(=O)Cc1ccco1)NC/C=C\COc1ncccc1CN1CCCCC1. The fourth-order valence-corrected chi connectivity index (χ4v) is 4.26. The molecule has 0 aliphatic carbocycles. The van der Waals surface area contributed by atoms with Crippen LogP contribution in [0.5, 0.6) is 5.88 Å². The number of likely N-dealkylation sites (tertiary alicyclic amines) is 1. The van der Waals surface area contributed by atoms with E-state index in [0.717, 1.165) is 25.2 Å². The molecule has 0 aromatic carbocycles. The van der Waals surface area contributed by atoms with Gasteiger partial charge in [-0.25, -0.2) is 4.98 Å². The monoisotopic (exact) mass is 431 g/mol. The predicted molar refractivity (Wildman–Crippen MR) is 116 cm³/mol. The highest BCUT2D eigenvalue weighted by atomic mass is 32.2. The Bertz CT molecular complexity index is 833. The average molecular weight is 432 g/mol. The maximum absolute atomic E-state index is 11.9. The van der Waals surface area contributed by atoms with Gasteiger partial charge >= 0.3 is 0 Å². The molecule has 0 saturated carbocycles. The van der Waals surface area contributed by atoms with Crippen LogP contribution in [0.4, 0.5) is 0 Å². The van der Waals surface area contributed by atoms with E-state index in [1.807, 2.05) is 18.2 Å². The summed E-state index contributed by atoms with van der Waals surface area (Å²) in [5.74, 6) is 1.23. The van der Waals surface area contributed by atoms with E-state index < -0.39 is 10.8 Å². The van der Waals surface area contributed by atoms with E-state index in [9.17, 15) is 9.00 Å². The zero-order chi connectivity index (χ0) is 21.0. The number of amides is 1. The molecule has 1 atom stereocenters. The minimum Gasteiger partial charge on any atom is -0.473 e. The van der Waals surface area contributed by atoms with E-state index in [2.05, 4.69) is 21.3 Å². The molecule has 2 aromatic heterocycles. The van der Waals surface area contributed by atoms with Crippen molar-refractivity contribution in [3.8, 4) is 5.88 Å². The molecule has 162 valence electrons. The number of carbonyl (C=O) groups is 1. The lowest BCUT2D eigenvalue weighted by atomic mass is 10.1. The zero-order valence-corrected chi connectivity index (χ0v) is 17.9. The second kappa shape index (κ2) is 12.3. The van der Waals surface area contributed by atoms with E-state index in [1.54, 1.807) is 18.3 Å². The van der Waals surface area contributed by atoms with Crippen molar-refractivity contribution in [1.82, 2.24) is 15.2 Å². The van der Waals surface area contributed by atoms with E-state index in [0.29, 0.717) is 24.8 Å². The third kappa shape index (κ3) is 7.76. The number of ether oxygens (including phenoxy) is 1. The highest BCUT2D eigenvalue weighted by Crippen LogP contribution is 2.19. The molecule has 1 N–H and O–H groups in total. The molecular weight excluding hydrogens is 402 g/mol. The second-order valence-electron chi connectivity index (χ2n) is 7.20. The number of nitrogens with zero attached hydrogens (tertiary/aromatic N) is 2. The summed E-state index contributed by atoms with van der Waals surface area (Å²) in [5, 5.41) is 2.73. The van der Waals surface area contributed by atoms with Crippen LogP contribution < -0.4 is 10.1 Å². The summed E-state index contributed by atoms with van der Waals surface area (Å²) >= 11 is 0. The van der Waals surface area contributed by atoms with Gasteiger partial charge in [-0.2, -0.15) is 0 Å². The summed E-state index contributed by atoms with van der Waals surface area (Å²) < 4.78 is 22.9. The molecule has 1 saturated heterocycles. The number of furan rings is 1. The van der Waals surface area contributed by atoms with E-state index in [-0.39, 0.29) is 17.4 Å². The number of piperidine rings is 1. The highest BCUT2D eigenvalue weighted by molar-refractivity contribution is 7.84. The third-order valence-electron chi connectivity index (χ3n) is 4.77. The second-order valence-corrected chi connectivity index (χ2v) is 8.66. The van der Waals surface area contributed by atoms with Crippen molar-refractivity contribution in [3.63, 3.8) is 0 Å². The molecule has 1 aliphatic rings. The van der Waals surface area contributed by atoms with Crippen molar-refractivity contribution in [2.24, 2.45) is 0 Å². The molecule has 0 radical (unpaired) electrons. The number of carbonyl (C=O) groups excluding carboxylic acids is 1. The first-order valence-corrected chi connectivity index (χ1v) is 11.8. The first-order valence-electron chi connectivity index (χ1n) is 10.3. The van der Waals surface area contributed by atoms with Crippen LogP contribution in [-0.2, 0) is 27.9 Å². The van der Waals surface area contributed by atoms with Gasteiger partial charge in [0.05, 0.1) is 12.0 Å². The number of hydrogen-bond donors (Lipinski definition) is 1. The molecule has 0 bridgehead atoms. The van der Waals surface area contributed by atoms with Crippen LogP contribution >= 0.6 is 0 Å². The lowest BCUT2D eigenvalue weighted by Gasteiger charge is -2.26. The molecule has 8 heteroatoms. The van der Waals surface area contributed by atoms with Gasteiger partial charge in [0, 0.05) is 35.6 Å². The number of nitrogens with one attached hydrogen (secondary N) is 1. The first kappa shape index (κ1) is 22.2. The maximum Gasteiger partial charge on any atom is 0.232 e. The van der Waals surface area contributed by atoms with E-state index in [1.165, 1.54) is 25.5 Å². The van der Waals surface area contributed by atoms with Crippen LogP contribution in [0.2, 0.25) is 0 Å². The Morgan fingerprint density at radius 3 is 2.90 bits per heavy atom. The van der Waals surface area contributed by atoms with Crippen molar-refractivity contribution in [2.75, 3.05) is 32.0 Å². The number of pyridine rings is 1. The summed E-state index contributed by atoms with van der Waals surface area (Å²) in [6, 6.07) is 7.48. The largest absolute Gasteiger partial charge is 0.473 e. The predicted octanol–water partition coefficient (Wildman–Crippen LogP) is 2.66. The molecule has 1 fully saturated rings. The van der Waals surface area contributed by atoms with Crippen LogP contribution in [-0.4, -0.2) is 52.0 Å². The Labute approximate surface area is 180 Å². The zero-order valence-electron chi connectivity index (χ0n) is 17.1. The number of hydrogen-bond acceptors (Lipinski definition) is 6. The van der Waals surface area contributed by atoms with Crippen molar-refractivity contribution >= 4 is 16.7 Å². The Kier molecular flexibility index (Phi) is 9.11. The summed E-state index contributed by atoms with van der Waals surface area (Å²) in [7, 11) is -1.29. The normalized spacial score (nSPS) is 15.9. The maximum atomic E-state index is 11.9. The van der Waals surface area contributed by atoms with Crippen molar-refractivity contribution < 1.29 is 18.2 Å². The van der Waals surface area contributed by atoms with E-state index >= 15 is 0 Å². The molecule has 1 amide bonds. The molecule has 7 nitrogen and oxygen atoms in total. The van der Waals surface area contributed by atoms with Gasteiger partial charge in [-0.3, -0.25) is 13.9 Å². The first-order chi connectivity index (χ1) is 14.7. The summed E-state index contributed by atoms with van der Waals surface area (Å²) in [6.45, 7) is 3.85. The van der Waals surface area contributed by atoms with Crippen LogP contribution in [0.1, 0.15) is 30.6 Å². The van der Waals surface area contributed by atoms with Gasteiger partial charge in [0.1, 0.15) is 18.1 Å². The standard InChI is InChI=1S/C22H29N3O4S/c26-21(18-30(27)17-20-9-7-15-28-20)23-10-2-5-14-29-22-19(8-6-11-24-22)16-25-12-3-1-4-13-25/h2,5-9,11,15H,1,3-4,10,12-14,16-18H2,(H,23,26)/b5-2-. The molecule has 3 heterocycles. The molecular formula is C22H29N3O4S. The fourth-order valence-electron chi connectivity index (χ4n) is 3.29. The number of rotatable bonds is 11. The Hall–Kier alpha value is -2.45. The summed E-state index contributed by atoms with van der Waals surface area (Å²) in [4.78, 5) is 18.7. The Balaban J connectivity index is 1.34. The molecule has 2 aromatic rings. The highest BCUT2D eigenvalue weighted by Gasteiger charge is 2.13. The van der Waals surface area contributed by atoms with Crippen molar-refractivity contribution in [3.05, 3.63) is 60.2 Å². The minimum absolute atomic E-state index is 0.0428. The Morgan fingerprint density at radius 2 is 2.10 bits per heavy atom. The summed E-state index contributed by atoms with van der Waals surface area (Å²) in [6.07, 6.45) is 10.7. The van der Waals surface area contributed by atoms with Crippen LogP contribution in [0.25, 0.3) is 0 Å². The third-order valence-corrected chi connectivity index (χ3v) is 5.96. The lowest BCUT2D eigenvalue weighted by Crippen LogP contribution is -2.29. The molecule has 30 heavy (non-hydrogen) atoms. The average Bonchev–Trinajstić information content (AvgIpc) is 3.25. The topological polar surface area (TPSA) is 84.7 Å². The van der Waals surface area contributed by atoms with Gasteiger partial charge < -0.3 is 14.5 Å². The molecule has 1 aliphatic heterocycles. The van der Waals surface area contributed by atoms with Crippen LogP contribution in [0, 0.1) is 0 Å². The van der Waals surface area contributed by atoms with Gasteiger partial charge in [0.15, 0.2) is 0 Å². The lowest BCUT2D eigenvalue weighted by molar-refractivity contribution is -0.118. The smallest absolute Gasteiger partial charge is 0.232 e.